The average Bonchev–Trinajstić information content (AvgIpc) is 2.86. The summed E-state index contributed by atoms with van der Waals surface area (Å²) in [6, 6.07) is 5.97. The largest absolute Gasteiger partial charge is 0.484 e. The van der Waals surface area contributed by atoms with Crippen LogP contribution in [0.5, 0.6) is 0 Å². The van der Waals surface area contributed by atoms with Gasteiger partial charge in [-0.15, -0.1) is 0 Å². The Balaban J connectivity index is 2.17. The Morgan fingerprint density at radius 1 is 1.52 bits per heavy atom. The number of anilines is 1. The highest BCUT2D eigenvalue weighted by Gasteiger charge is 2.15. The van der Waals surface area contributed by atoms with E-state index < -0.39 is 0 Å². The molecule has 0 amide bonds. The zero-order valence-corrected chi connectivity index (χ0v) is 12.7. The van der Waals surface area contributed by atoms with Gasteiger partial charge in [-0.1, -0.05) is 17.4 Å². The van der Waals surface area contributed by atoms with Gasteiger partial charge in [-0.25, -0.2) is 4.98 Å². The van der Waals surface area contributed by atoms with Crippen LogP contribution in [0.1, 0.15) is 24.3 Å². The number of nitrogens with one attached hydrogen (secondary N) is 1. The van der Waals surface area contributed by atoms with Crippen LogP contribution in [0.25, 0.3) is 10.2 Å². The fraction of sp³-hybridized carbons (Fsp3) is 0.429. The maximum atomic E-state index is 8.85. The van der Waals surface area contributed by atoms with Crippen molar-refractivity contribution in [3.63, 3.8) is 0 Å². The number of nitrogens with zero attached hydrogens (tertiary/aromatic N) is 1. The van der Waals surface area contributed by atoms with Crippen LogP contribution >= 0.6 is 11.3 Å². The number of hydrogen-bond donors (Lipinski definition) is 3. The van der Waals surface area contributed by atoms with Gasteiger partial charge in [0.05, 0.1) is 23.9 Å². The fourth-order valence-electron chi connectivity index (χ4n) is 2.16. The number of nitrogens with two attached hydrogens (primary N) is 1. The maximum absolute atomic E-state index is 8.85. The lowest BCUT2D eigenvalue weighted by molar-refractivity contribution is -0.00854. The Hall–Kier alpha value is -1.70. The van der Waals surface area contributed by atoms with E-state index in [1.165, 1.54) is 18.4 Å². The standard InChI is InChI=1S/C14H19N3O3S/c1-19-13(15)5-3-10(7-20-8-18)9-2-4-11-12(6-9)21-14(16)17-11/h2,4,6,10,15,18H,3,5,7-8H2,1H3,(H2,16,17). The SMILES string of the molecule is COC(=N)CCC(COCO)c1ccc2nc(N)sc2c1. The molecule has 0 radical (unpaired) electrons. The fourth-order valence-corrected chi connectivity index (χ4v) is 2.94. The third-order valence-corrected chi connectivity index (χ3v) is 4.12. The molecule has 4 N–H and O–H groups in total. The van der Waals surface area contributed by atoms with Crippen LogP contribution in [0, 0.1) is 5.41 Å². The van der Waals surface area contributed by atoms with Gasteiger partial charge in [0.2, 0.25) is 0 Å². The normalized spacial score (nSPS) is 12.5. The molecule has 1 aromatic heterocycles. The highest BCUT2D eigenvalue weighted by molar-refractivity contribution is 7.22. The Kier molecular flexibility index (Phi) is 5.49. The first-order valence-electron chi connectivity index (χ1n) is 6.60. The lowest BCUT2D eigenvalue weighted by Crippen LogP contribution is -2.11. The molecule has 2 aromatic rings. The van der Waals surface area contributed by atoms with Crippen molar-refractivity contribution in [2.24, 2.45) is 0 Å². The van der Waals surface area contributed by atoms with Gasteiger partial charge in [-0.05, 0) is 24.1 Å². The van der Waals surface area contributed by atoms with Crippen molar-refractivity contribution < 1.29 is 14.6 Å². The minimum absolute atomic E-state index is 0.0837. The molecule has 0 aliphatic heterocycles. The summed E-state index contributed by atoms with van der Waals surface area (Å²) >= 11 is 1.45. The summed E-state index contributed by atoms with van der Waals surface area (Å²) in [4.78, 5) is 4.23. The molecular weight excluding hydrogens is 290 g/mol. The molecule has 0 saturated heterocycles. The van der Waals surface area contributed by atoms with Gasteiger partial charge in [-0.2, -0.15) is 0 Å². The molecule has 1 unspecified atom stereocenters. The lowest BCUT2D eigenvalue weighted by Gasteiger charge is -2.17. The predicted octanol–water partition coefficient (Wildman–Crippen LogP) is 2.33. The van der Waals surface area contributed by atoms with Crippen LogP contribution in [0.15, 0.2) is 18.2 Å². The number of nitrogen functional groups attached to an aromatic ring is 1. The van der Waals surface area contributed by atoms with Gasteiger partial charge in [0.15, 0.2) is 11.0 Å². The number of rotatable bonds is 7. The highest BCUT2D eigenvalue weighted by Crippen LogP contribution is 2.29. The average molecular weight is 309 g/mol. The minimum atomic E-state index is -0.312. The molecule has 114 valence electrons. The molecule has 0 aliphatic rings. The summed E-state index contributed by atoms with van der Waals surface area (Å²) in [5.74, 6) is 0.326. The van der Waals surface area contributed by atoms with Gasteiger partial charge in [-0.3, -0.25) is 5.41 Å². The summed E-state index contributed by atoms with van der Waals surface area (Å²) < 4.78 is 11.1. The first-order valence-corrected chi connectivity index (χ1v) is 7.41. The molecular formula is C14H19N3O3S. The molecule has 0 saturated carbocycles. The van der Waals surface area contributed by atoms with E-state index >= 15 is 0 Å². The Morgan fingerprint density at radius 2 is 2.33 bits per heavy atom. The van der Waals surface area contributed by atoms with E-state index in [-0.39, 0.29) is 18.6 Å². The molecule has 0 fully saturated rings. The summed E-state index contributed by atoms with van der Waals surface area (Å²) in [5, 5.41) is 17.0. The highest BCUT2D eigenvalue weighted by atomic mass is 32.1. The van der Waals surface area contributed by atoms with Crippen LogP contribution in [-0.2, 0) is 9.47 Å². The number of fused-ring (bicyclic) bond motifs is 1. The number of methoxy groups -OCH3 is 1. The van der Waals surface area contributed by atoms with Gasteiger partial charge in [0.1, 0.15) is 6.79 Å². The van der Waals surface area contributed by atoms with E-state index in [0.29, 0.717) is 24.6 Å². The van der Waals surface area contributed by atoms with Crippen LogP contribution in [0.2, 0.25) is 0 Å². The number of benzene rings is 1. The monoisotopic (exact) mass is 309 g/mol. The van der Waals surface area contributed by atoms with E-state index in [2.05, 4.69) is 4.98 Å². The quantitative estimate of drug-likeness (QED) is 0.414. The van der Waals surface area contributed by atoms with Gasteiger partial charge < -0.3 is 20.3 Å². The second kappa shape index (κ2) is 7.35. The summed E-state index contributed by atoms with van der Waals surface area (Å²) in [6.07, 6.45) is 1.24. The molecule has 6 nitrogen and oxygen atoms in total. The van der Waals surface area contributed by atoms with Gasteiger partial charge in [0, 0.05) is 12.3 Å². The van der Waals surface area contributed by atoms with Crippen molar-refractivity contribution >= 4 is 32.6 Å². The summed E-state index contributed by atoms with van der Waals surface area (Å²) in [7, 11) is 1.49. The smallest absolute Gasteiger partial charge is 0.181 e. The number of aliphatic hydroxyl groups is 1. The molecule has 1 aromatic carbocycles. The Bertz CT molecular complexity index is 615. The zero-order valence-electron chi connectivity index (χ0n) is 11.8. The number of thiazole rings is 1. The minimum Gasteiger partial charge on any atom is -0.484 e. The lowest BCUT2D eigenvalue weighted by atomic mass is 9.95. The molecule has 0 aliphatic carbocycles. The summed E-state index contributed by atoms with van der Waals surface area (Å²) in [6.45, 7) is 0.0846. The van der Waals surface area contributed by atoms with Gasteiger partial charge >= 0.3 is 0 Å². The van der Waals surface area contributed by atoms with Crippen LogP contribution < -0.4 is 5.73 Å². The number of aromatic nitrogens is 1. The molecule has 2 rings (SSSR count). The van der Waals surface area contributed by atoms with Gasteiger partial charge in [0.25, 0.3) is 0 Å². The van der Waals surface area contributed by atoms with Crippen molar-refractivity contribution in [2.75, 3.05) is 26.2 Å². The van der Waals surface area contributed by atoms with Crippen LogP contribution in [-0.4, -0.2) is 36.5 Å². The second-order valence-electron chi connectivity index (χ2n) is 4.64. The molecule has 0 bridgehead atoms. The van der Waals surface area contributed by atoms with Crippen molar-refractivity contribution in [1.29, 1.82) is 5.41 Å². The topological polar surface area (TPSA) is 101 Å². The molecule has 21 heavy (non-hydrogen) atoms. The van der Waals surface area contributed by atoms with Crippen molar-refractivity contribution in [3.8, 4) is 0 Å². The van der Waals surface area contributed by atoms with Crippen LogP contribution in [0.4, 0.5) is 5.13 Å². The zero-order chi connectivity index (χ0) is 15.2. The maximum Gasteiger partial charge on any atom is 0.181 e. The number of aliphatic hydroxyl groups excluding tert-OH is 1. The first kappa shape index (κ1) is 15.7. The Morgan fingerprint density at radius 3 is 3.05 bits per heavy atom. The van der Waals surface area contributed by atoms with E-state index in [9.17, 15) is 0 Å². The summed E-state index contributed by atoms with van der Waals surface area (Å²) in [5.41, 5.74) is 7.69. The second-order valence-corrected chi connectivity index (χ2v) is 5.70. The first-order chi connectivity index (χ1) is 10.1. The molecule has 0 spiro atoms. The van der Waals surface area contributed by atoms with Crippen molar-refractivity contribution in [3.05, 3.63) is 23.8 Å². The predicted molar refractivity (Wildman–Crippen MR) is 83.8 cm³/mol. The third-order valence-electron chi connectivity index (χ3n) is 3.28. The molecule has 7 heteroatoms. The van der Waals surface area contributed by atoms with E-state index in [0.717, 1.165) is 15.8 Å². The van der Waals surface area contributed by atoms with E-state index in [4.69, 9.17) is 25.7 Å². The Labute approximate surface area is 127 Å². The number of ether oxygens (including phenoxy) is 2. The third kappa shape index (κ3) is 4.13. The molecule has 1 atom stereocenters. The van der Waals surface area contributed by atoms with E-state index in [1.54, 1.807) is 0 Å². The van der Waals surface area contributed by atoms with Crippen LogP contribution in [0.3, 0.4) is 0 Å². The molecule has 1 heterocycles. The van der Waals surface area contributed by atoms with Crippen molar-refractivity contribution in [1.82, 2.24) is 4.98 Å². The number of hydrogen-bond acceptors (Lipinski definition) is 7. The van der Waals surface area contributed by atoms with E-state index in [1.807, 2.05) is 18.2 Å². The van der Waals surface area contributed by atoms with Crippen molar-refractivity contribution in [2.45, 2.75) is 18.8 Å².